The highest BCUT2D eigenvalue weighted by Gasteiger charge is 2.30. The second-order valence-electron chi connectivity index (χ2n) is 4.68. The van der Waals surface area contributed by atoms with Crippen molar-refractivity contribution in [2.45, 2.75) is 25.5 Å². The third-order valence-electron chi connectivity index (χ3n) is 3.51. The lowest BCUT2D eigenvalue weighted by Gasteiger charge is -2.37. The molecule has 1 aromatic rings. The molecule has 1 amide bonds. The van der Waals surface area contributed by atoms with Crippen LogP contribution in [0.25, 0.3) is 0 Å². The van der Waals surface area contributed by atoms with E-state index in [9.17, 15) is 4.79 Å². The zero-order chi connectivity index (χ0) is 14.0. The van der Waals surface area contributed by atoms with Gasteiger partial charge in [0.1, 0.15) is 4.88 Å². The van der Waals surface area contributed by atoms with E-state index in [0.717, 1.165) is 24.6 Å². The van der Waals surface area contributed by atoms with Crippen LogP contribution in [0.4, 0.5) is 5.13 Å². The highest BCUT2D eigenvalue weighted by molar-refractivity contribution is 7.17. The minimum atomic E-state index is -0.408. The number of thiazole rings is 1. The molecule has 1 aromatic heterocycles. The number of carbonyl (C=O) groups excluding carboxylic acids is 1. The van der Waals surface area contributed by atoms with Gasteiger partial charge in [-0.25, -0.2) is 4.98 Å². The van der Waals surface area contributed by atoms with E-state index >= 15 is 0 Å². The number of hydrogen-bond donors (Lipinski definition) is 2. The van der Waals surface area contributed by atoms with E-state index in [-0.39, 0.29) is 6.10 Å². The number of anilines is 1. The topological polar surface area (TPSA) is 80.5 Å². The van der Waals surface area contributed by atoms with E-state index in [0.29, 0.717) is 16.6 Å². The third kappa shape index (κ3) is 2.88. The Labute approximate surface area is 116 Å². The SMILES string of the molecule is CN[C@@H]1CCN(c2nc(C)c(C(N)=O)s2)C[C@@H]1OC. The molecule has 1 fully saturated rings. The minimum absolute atomic E-state index is 0.125. The number of amides is 1. The second-order valence-corrected chi connectivity index (χ2v) is 5.66. The Morgan fingerprint density at radius 3 is 2.89 bits per heavy atom. The average molecular weight is 284 g/mol. The molecule has 0 aromatic carbocycles. The van der Waals surface area contributed by atoms with Crippen molar-refractivity contribution >= 4 is 22.4 Å². The van der Waals surface area contributed by atoms with Gasteiger partial charge in [-0.1, -0.05) is 11.3 Å². The number of carbonyl (C=O) groups is 1. The van der Waals surface area contributed by atoms with Crippen molar-refractivity contribution in [2.24, 2.45) is 5.73 Å². The fourth-order valence-electron chi connectivity index (χ4n) is 2.41. The number of likely N-dealkylation sites (N-methyl/N-ethyl adjacent to an activating group) is 1. The molecule has 2 heterocycles. The van der Waals surface area contributed by atoms with E-state index in [1.54, 1.807) is 7.11 Å². The van der Waals surface area contributed by atoms with Gasteiger partial charge in [0.15, 0.2) is 5.13 Å². The molecule has 3 N–H and O–H groups in total. The zero-order valence-electron chi connectivity index (χ0n) is 11.5. The van der Waals surface area contributed by atoms with Gasteiger partial charge in [-0.15, -0.1) is 0 Å². The number of nitrogens with two attached hydrogens (primary N) is 1. The summed E-state index contributed by atoms with van der Waals surface area (Å²) >= 11 is 1.36. The van der Waals surface area contributed by atoms with Crippen molar-refractivity contribution in [3.8, 4) is 0 Å². The number of aryl methyl sites for hydroxylation is 1. The molecule has 6 nitrogen and oxygen atoms in total. The molecule has 2 rings (SSSR count). The number of hydrogen-bond acceptors (Lipinski definition) is 6. The molecule has 1 aliphatic heterocycles. The highest BCUT2D eigenvalue weighted by atomic mass is 32.1. The molecule has 0 saturated carbocycles. The third-order valence-corrected chi connectivity index (χ3v) is 4.75. The molecule has 106 valence electrons. The van der Waals surface area contributed by atoms with E-state index < -0.39 is 5.91 Å². The van der Waals surface area contributed by atoms with Crippen LogP contribution >= 0.6 is 11.3 Å². The van der Waals surface area contributed by atoms with E-state index in [4.69, 9.17) is 10.5 Å². The first-order valence-electron chi connectivity index (χ1n) is 6.29. The molecule has 0 spiro atoms. The molecule has 1 saturated heterocycles. The summed E-state index contributed by atoms with van der Waals surface area (Å²) in [6, 6.07) is 0.359. The Bertz CT molecular complexity index is 463. The Kier molecular flexibility index (Phi) is 4.38. The van der Waals surface area contributed by atoms with Gasteiger partial charge in [0.05, 0.1) is 11.8 Å². The summed E-state index contributed by atoms with van der Waals surface area (Å²) in [5.74, 6) is -0.408. The molecule has 19 heavy (non-hydrogen) atoms. The minimum Gasteiger partial charge on any atom is -0.378 e. The van der Waals surface area contributed by atoms with Gasteiger partial charge in [0, 0.05) is 26.2 Å². The van der Waals surface area contributed by atoms with Gasteiger partial charge in [-0.2, -0.15) is 0 Å². The Morgan fingerprint density at radius 2 is 2.37 bits per heavy atom. The van der Waals surface area contributed by atoms with Crippen molar-refractivity contribution in [1.29, 1.82) is 0 Å². The van der Waals surface area contributed by atoms with Crippen LogP contribution in [-0.2, 0) is 4.74 Å². The molecule has 1 aliphatic rings. The normalized spacial score (nSPS) is 23.6. The summed E-state index contributed by atoms with van der Waals surface area (Å²) in [4.78, 5) is 18.4. The lowest BCUT2D eigenvalue weighted by atomic mass is 10.0. The van der Waals surface area contributed by atoms with Crippen molar-refractivity contribution in [3.05, 3.63) is 10.6 Å². The predicted octanol–water partition coefficient (Wildman–Crippen LogP) is 0.364. The van der Waals surface area contributed by atoms with Gasteiger partial charge >= 0.3 is 0 Å². The van der Waals surface area contributed by atoms with Crippen molar-refractivity contribution < 1.29 is 9.53 Å². The number of nitrogens with zero attached hydrogens (tertiary/aromatic N) is 2. The molecular weight excluding hydrogens is 264 g/mol. The number of primary amides is 1. The fraction of sp³-hybridized carbons (Fsp3) is 0.667. The van der Waals surface area contributed by atoms with Crippen molar-refractivity contribution in [1.82, 2.24) is 10.3 Å². The molecule has 0 radical (unpaired) electrons. The maximum atomic E-state index is 11.3. The standard InChI is InChI=1S/C12H20N4O2S/c1-7-10(11(13)17)19-12(15-7)16-5-4-8(14-2)9(6-16)18-3/h8-9,14H,4-6H2,1-3H3,(H2,13,17)/t8-,9+/m1/s1. The lowest BCUT2D eigenvalue weighted by molar-refractivity contribution is 0.0628. The quantitative estimate of drug-likeness (QED) is 0.834. The highest BCUT2D eigenvalue weighted by Crippen LogP contribution is 2.28. The summed E-state index contributed by atoms with van der Waals surface area (Å²) in [5.41, 5.74) is 6.04. The van der Waals surface area contributed by atoms with Crippen LogP contribution < -0.4 is 16.0 Å². The van der Waals surface area contributed by atoms with Gasteiger partial charge < -0.3 is 20.7 Å². The first-order chi connectivity index (χ1) is 9.06. The van der Waals surface area contributed by atoms with Crippen LogP contribution in [0.5, 0.6) is 0 Å². The summed E-state index contributed by atoms with van der Waals surface area (Å²) in [6.07, 6.45) is 1.11. The first-order valence-corrected chi connectivity index (χ1v) is 7.10. The average Bonchev–Trinajstić information content (AvgIpc) is 2.80. The fourth-order valence-corrected chi connectivity index (χ4v) is 3.36. The molecule has 0 aliphatic carbocycles. The summed E-state index contributed by atoms with van der Waals surface area (Å²) in [6.45, 7) is 3.48. The maximum Gasteiger partial charge on any atom is 0.260 e. The number of ether oxygens (including phenoxy) is 1. The van der Waals surface area contributed by atoms with Gasteiger partial charge in [-0.3, -0.25) is 4.79 Å². The lowest BCUT2D eigenvalue weighted by Crippen LogP contribution is -2.52. The summed E-state index contributed by atoms with van der Waals surface area (Å²) < 4.78 is 5.51. The smallest absolute Gasteiger partial charge is 0.260 e. The number of methoxy groups -OCH3 is 1. The Hall–Kier alpha value is -1.18. The van der Waals surface area contributed by atoms with Crippen LogP contribution in [0.2, 0.25) is 0 Å². The molecule has 0 unspecified atom stereocenters. The molecular formula is C12H20N4O2S. The van der Waals surface area contributed by atoms with E-state index in [1.165, 1.54) is 11.3 Å². The van der Waals surface area contributed by atoms with Crippen LogP contribution in [-0.4, -0.2) is 50.3 Å². The first kappa shape index (κ1) is 14.2. The zero-order valence-corrected chi connectivity index (χ0v) is 12.3. The summed E-state index contributed by atoms with van der Waals surface area (Å²) in [5, 5.41) is 4.12. The molecule has 7 heteroatoms. The van der Waals surface area contributed by atoms with Crippen LogP contribution in [0, 0.1) is 6.92 Å². The van der Waals surface area contributed by atoms with Gasteiger partial charge in [0.2, 0.25) is 0 Å². The number of piperidine rings is 1. The Balaban J connectivity index is 2.15. The van der Waals surface area contributed by atoms with Gasteiger partial charge in [0.25, 0.3) is 5.91 Å². The Morgan fingerprint density at radius 1 is 1.63 bits per heavy atom. The van der Waals surface area contributed by atoms with E-state index in [2.05, 4.69) is 15.2 Å². The van der Waals surface area contributed by atoms with E-state index in [1.807, 2.05) is 14.0 Å². The van der Waals surface area contributed by atoms with Crippen molar-refractivity contribution in [2.75, 3.05) is 32.1 Å². The largest absolute Gasteiger partial charge is 0.378 e. The number of nitrogens with one attached hydrogen (secondary N) is 1. The van der Waals surface area contributed by atoms with Crippen LogP contribution in [0.3, 0.4) is 0 Å². The molecule has 0 bridgehead atoms. The monoisotopic (exact) mass is 284 g/mol. The molecule has 2 atom stereocenters. The van der Waals surface area contributed by atoms with Gasteiger partial charge in [-0.05, 0) is 20.4 Å². The van der Waals surface area contributed by atoms with Crippen LogP contribution in [0.15, 0.2) is 0 Å². The summed E-state index contributed by atoms with van der Waals surface area (Å²) in [7, 11) is 3.67. The predicted molar refractivity (Wildman–Crippen MR) is 75.8 cm³/mol. The number of aromatic nitrogens is 1. The van der Waals surface area contributed by atoms with Crippen LogP contribution in [0.1, 0.15) is 21.8 Å². The number of rotatable bonds is 4. The van der Waals surface area contributed by atoms with Crippen molar-refractivity contribution in [3.63, 3.8) is 0 Å². The second kappa shape index (κ2) is 5.85. The maximum absolute atomic E-state index is 11.3.